The molecule has 1 aromatic carbocycles. The van der Waals surface area contributed by atoms with Crippen molar-refractivity contribution in [1.29, 1.82) is 0 Å². The predicted octanol–water partition coefficient (Wildman–Crippen LogP) is 4.60. The van der Waals surface area contributed by atoms with Crippen LogP contribution in [0.4, 0.5) is 4.39 Å². The second-order valence-electron chi connectivity index (χ2n) is 10.7. The predicted molar refractivity (Wildman–Crippen MR) is 130 cm³/mol. The van der Waals surface area contributed by atoms with Crippen molar-refractivity contribution in [2.45, 2.75) is 63.5 Å². The van der Waals surface area contributed by atoms with Crippen LogP contribution in [0.25, 0.3) is 11.3 Å². The smallest absolute Gasteiger partial charge is 0.246 e. The van der Waals surface area contributed by atoms with Gasteiger partial charge in [-0.25, -0.2) is 9.37 Å². The average molecular weight is 467 g/mol. The van der Waals surface area contributed by atoms with Crippen molar-refractivity contribution in [2.24, 2.45) is 7.05 Å². The van der Waals surface area contributed by atoms with Crippen LogP contribution < -0.4 is 4.74 Å². The zero-order chi connectivity index (χ0) is 24.3. The summed E-state index contributed by atoms with van der Waals surface area (Å²) in [6.45, 7) is 8.67. The molecular weight excluding hydrogens is 431 g/mol. The number of carbonyl (C=O) groups excluding carboxylic acids is 1. The van der Waals surface area contributed by atoms with Crippen LogP contribution in [0.5, 0.6) is 5.75 Å². The molecule has 7 heteroatoms. The first kappa shape index (κ1) is 23.1. The number of benzene rings is 1. The Morgan fingerprint density at radius 2 is 1.94 bits per heavy atom. The molecule has 1 aromatic heterocycles. The summed E-state index contributed by atoms with van der Waals surface area (Å²) in [6, 6.07) is 4.71. The highest BCUT2D eigenvalue weighted by Crippen LogP contribution is 2.51. The van der Waals surface area contributed by atoms with E-state index in [0.717, 1.165) is 42.2 Å². The first-order valence-corrected chi connectivity index (χ1v) is 12.3. The maximum atomic E-state index is 14.3. The lowest BCUT2D eigenvalue weighted by Crippen LogP contribution is -2.49. The lowest BCUT2D eigenvalue weighted by Gasteiger charge is -2.45. The lowest BCUT2D eigenvalue weighted by atomic mass is 9.82. The largest absolute Gasteiger partial charge is 0.480 e. The molecule has 5 rings (SSSR count). The number of nitrogens with zero attached hydrogens (tertiary/aromatic N) is 4. The van der Waals surface area contributed by atoms with Crippen molar-refractivity contribution in [3.8, 4) is 17.0 Å². The monoisotopic (exact) mass is 466 g/mol. The number of amides is 1. The molecule has 6 nitrogen and oxygen atoms in total. The second-order valence-corrected chi connectivity index (χ2v) is 10.7. The summed E-state index contributed by atoms with van der Waals surface area (Å²) in [5.74, 6) is 1.81. The van der Waals surface area contributed by atoms with E-state index >= 15 is 0 Å². The first-order chi connectivity index (χ1) is 16.1. The highest BCUT2D eigenvalue weighted by molar-refractivity contribution is 5.87. The summed E-state index contributed by atoms with van der Waals surface area (Å²) in [5.41, 5.74) is 2.10. The van der Waals surface area contributed by atoms with Crippen LogP contribution in [-0.2, 0) is 17.4 Å². The van der Waals surface area contributed by atoms with E-state index in [9.17, 15) is 9.18 Å². The van der Waals surface area contributed by atoms with Crippen molar-refractivity contribution in [2.75, 3.05) is 26.7 Å². The van der Waals surface area contributed by atoms with Gasteiger partial charge in [0, 0.05) is 50.0 Å². The molecule has 0 radical (unpaired) electrons. The van der Waals surface area contributed by atoms with Gasteiger partial charge in [0.05, 0.1) is 11.4 Å². The van der Waals surface area contributed by atoms with Gasteiger partial charge < -0.3 is 19.1 Å². The van der Waals surface area contributed by atoms with Crippen molar-refractivity contribution in [3.63, 3.8) is 0 Å². The van der Waals surface area contributed by atoms with E-state index in [1.807, 2.05) is 11.8 Å². The summed E-state index contributed by atoms with van der Waals surface area (Å²) in [5, 5.41) is 0. The van der Waals surface area contributed by atoms with E-state index in [1.54, 1.807) is 24.3 Å². The number of rotatable bonds is 2. The number of piperidine rings is 2. The van der Waals surface area contributed by atoms with Gasteiger partial charge >= 0.3 is 0 Å². The Kier molecular flexibility index (Phi) is 5.58. The molecule has 2 fully saturated rings. The second kappa shape index (κ2) is 8.22. The van der Waals surface area contributed by atoms with E-state index in [4.69, 9.17) is 9.72 Å². The summed E-state index contributed by atoms with van der Waals surface area (Å²) < 4.78 is 23.2. The van der Waals surface area contributed by atoms with Gasteiger partial charge in [0.1, 0.15) is 17.4 Å². The Morgan fingerprint density at radius 3 is 2.62 bits per heavy atom. The minimum atomic E-state index is -0.576. The molecule has 34 heavy (non-hydrogen) atoms. The SMILES string of the molecule is C/C=C/C(=O)N1CCC2(CC1)Oc1ccc(F)cc1-c1nc(C3CCN(C)C(C)(C)C3)n(C)c12. The third-order valence-corrected chi connectivity index (χ3v) is 8.21. The van der Waals surface area contributed by atoms with Crippen LogP contribution in [0.2, 0.25) is 0 Å². The normalized spacial score (nSPS) is 23.6. The number of ether oxygens (including phenoxy) is 1. The Bertz CT molecular complexity index is 1140. The lowest BCUT2D eigenvalue weighted by molar-refractivity contribution is -0.130. The molecule has 1 amide bonds. The number of allylic oxidation sites excluding steroid dienone is 1. The zero-order valence-corrected chi connectivity index (χ0v) is 20.9. The van der Waals surface area contributed by atoms with E-state index in [-0.39, 0.29) is 17.3 Å². The van der Waals surface area contributed by atoms with Gasteiger partial charge in [0.15, 0.2) is 5.60 Å². The van der Waals surface area contributed by atoms with Crippen molar-refractivity contribution >= 4 is 5.91 Å². The molecule has 2 saturated heterocycles. The zero-order valence-electron chi connectivity index (χ0n) is 20.9. The van der Waals surface area contributed by atoms with Crippen LogP contribution in [-0.4, -0.2) is 57.5 Å². The van der Waals surface area contributed by atoms with E-state index in [1.165, 1.54) is 6.07 Å². The van der Waals surface area contributed by atoms with Gasteiger partial charge in [-0.1, -0.05) is 6.08 Å². The fourth-order valence-corrected chi connectivity index (χ4v) is 6.03. The molecule has 1 unspecified atom stereocenters. The van der Waals surface area contributed by atoms with Gasteiger partial charge in [0.2, 0.25) is 5.91 Å². The summed E-state index contributed by atoms with van der Waals surface area (Å²) in [6.07, 6.45) is 6.81. The third kappa shape index (κ3) is 3.65. The first-order valence-electron chi connectivity index (χ1n) is 12.3. The van der Waals surface area contributed by atoms with Crippen LogP contribution in [0.1, 0.15) is 63.9 Å². The Hall–Kier alpha value is -2.67. The molecule has 0 N–H and O–H groups in total. The molecule has 1 spiro atoms. The van der Waals surface area contributed by atoms with E-state index in [2.05, 4.69) is 37.4 Å². The van der Waals surface area contributed by atoms with Crippen LogP contribution in [0.3, 0.4) is 0 Å². The van der Waals surface area contributed by atoms with Gasteiger partial charge in [-0.05, 0) is 71.5 Å². The van der Waals surface area contributed by atoms with Crippen LogP contribution >= 0.6 is 0 Å². The summed E-state index contributed by atoms with van der Waals surface area (Å²) >= 11 is 0. The van der Waals surface area contributed by atoms with Gasteiger partial charge in [0.25, 0.3) is 0 Å². The number of halogens is 1. The quantitative estimate of drug-likeness (QED) is 0.607. The Balaban J connectivity index is 1.57. The maximum Gasteiger partial charge on any atom is 0.246 e. The number of likely N-dealkylation sites (tertiary alicyclic amines) is 2. The minimum absolute atomic E-state index is 0.0371. The Morgan fingerprint density at radius 1 is 1.21 bits per heavy atom. The van der Waals surface area contributed by atoms with Gasteiger partial charge in [-0.3, -0.25) is 4.79 Å². The summed E-state index contributed by atoms with van der Waals surface area (Å²) in [7, 11) is 4.27. The molecule has 3 aliphatic rings. The average Bonchev–Trinajstić information content (AvgIpc) is 3.15. The highest BCUT2D eigenvalue weighted by atomic mass is 19.1. The number of hydrogen-bond acceptors (Lipinski definition) is 4. The highest BCUT2D eigenvalue weighted by Gasteiger charge is 2.48. The topological polar surface area (TPSA) is 50.6 Å². The van der Waals surface area contributed by atoms with Crippen molar-refractivity contribution < 1.29 is 13.9 Å². The van der Waals surface area contributed by atoms with Crippen molar-refractivity contribution in [1.82, 2.24) is 19.4 Å². The van der Waals surface area contributed by atoms with Gasteiger partial charge in [-0.2, -0.15) is 0 Å². The minimum Gasteiger partial charge on any atom is -0.480 e. The third-order valence-electron chi connectivity index (χ3n) is 8.21. The standard InChI is InChI=1S/C27H35FN4O2/c1-6-7-22(33)32-14-11-27(12-15-32)24-23(20-16-19(28)8-9-21(20)34-27)29-25(31(24)5)18-10-13-30(4)26(2,3)17-18/h6-9,16,18H,10-15,17H2,1-5H3/b7-6+. The summed E-state index contributed by atoms with van der Waals surface area (Å²) in [4.78, 5) is 21.9. The van der Waals surface area contributed by atoms with Crippen LogP contribution in [0, 0.1) is 5.82 Å². The number of aromatic nitrogens is 2. The number of hydrogen-bond donors (Lipinski definition) is 0. The van der Waals surface area contributed by atoms with E-state index < -0.39 is 5.60 Å². The molecule has 182 valence electrons. The molecule has 0 saturated carbocycles. The molecule has 2 aromatic rings. The van der Waals surface area contributed by atoms with E-state index in [0.29, 0.717) is 37.6 Å². The molecular formula is C27H35FN4O2. The fourth-order valence-electron chi connectivity index (χ4n) is 6.03. The van der Waals surface area contributed by atoms with Gasteiger partial charge in [-0.15, -0.1) is 0 Å². The number of imidazole rings is 1. The Labute approximate surface area is 201 Å². The molecule has 4 heterocycles. The molecule has 1 atom stereocenters. The van der Waals surface area contributed by atoms with Crippen molar-refractivity contribution in [3.05, 3.63) is 47.7 Å². The molecule has 0 aliphatic carbocycles. The maximum absolute atomic E-state index is 14.3. The molecule has 0 bridgehead atoms. The molecule has 3 aliphatic heterocycles. The fraction of sp³-hybridized carbons (Fsp3) is 0.556. The van der Waals surface area contributed by atoms with Crippen LogP contribution in [0.15, 0.2) is 30.4 Å². The number of carbonyl (C=O) groups is 1. The number of fused-ring (bicyclic) bond motifs is 4.